The molecule has 0 N–H and O–H groups in total. The Bertz CT molecular complexity index is 929. The molecule has 1 heterocycles. The number of hydrogen-bond acceptors (Lipinski definition) is 6. The highest BCUT2D eigenvalue weighted by atomic mass is 16.5. The second-order valence-corrected chi connectivity index (χ2v) is 6.25. The van der Waals surface area contributed by atoms with Crippen molar-refractivity contribution in [1.29, 1.82) is 0 Å². The van der Waals surface area contributed by atoms with Crippen molar-refractivity contribution in [3.05, 3.63) is 58.8 Å². The molecular formula is C22H22O6. The summed E-state index contributed by atoms with van der Waals surface area (Å²) in [6, 6.07) is 10.1. The third kappa shape index (κ3) is 4.01. The van der Waals surface area contributed by atoms with Crippen molar-refractivity contribution in [3.8, 4) is 17.2 Å². The molecule has 0 unspecified atom stereocenters. The van der Waals surface area contributed by atoms with Crippen molar-refractivity contribution in [2.75, 3.05) is 20.8 Å². The minimum absolute atomic E-state index is 0.179. The standard InChI is InChI=1S/C22H22O6/c1-4-5-10-27-18-8-6-14(11-19(18)25-2)12-20-21(23)16-13-15(22(24)26-3)7-9-17(16)28-20/h6-9,11-13H,4-5,10H2,1-3H3. The van der Waals surface area contributed by atoms with Gasteiger partial charge < -0.3 is 18.9 Å². The van der Waals surface area contributed by atoms with E-state index in [-0.39, 0.29) is 11.5 Å². The van der Waals surface area contributed by atoms with Crippen molar-refractivity contribution in [2.45, 2.75) is 19.8 Å². The zero-order valence-electron chi connectivity index (χ0n) is 16.1. The first-order valence-corrected chi connectivity index (χ1v) is 9.04. The molecule has 0 amide bonds. The molecule has 0 radical (unpaired) electrons. The molecule has 0 fully saturated rings. The Kier molecular flexibility index (Phi) is 5.99. The van der Waals surface area contributed by atoms with E-state index in [0.717, 1.165) is 18.4 Å². The summed E-state index contributed by atoms with van der Waals surface area (Å²) < 4.78 is 21.5. The monoisotopic (exact) mass is 382 g/mol. The predicted octanol–water partition coefficient (Wildman–Crippen LogP) is 4.28. The van der Waals surface area contributed by atoms with E-state index in [0.29, 0.717) is 35.0 Å². The smallest absolute Gasteiger partial charge is 0.337 e. The van der Waals surface area contributed by atoms with E-state index >= 15 is 0 Å². The van der Waals surface area contributed by atoms with Crippen molar-refractivity contribution >= 4 is 17.8 Å². The van der Waals surface area contributed by atoms with Gasteiger partial charge >= 0.3 is 5.97 Å². The van der Waals surface area contributed by atoms with Gasteiger partial charge in [-0.25, -0.2) is 4.79 Å². The summed E-state index contributed by atoms with van der Waals surface area (Å²) in [5.41, 5.74) is 1.37. The van der Waals surface area contributed by atoms with E-state index in [9.17, 15) is 9.59 Å². The van der Waals surface area contributed by atoms with Crippen molar-refractivity contribution in [1.82, 2.24) is 0 Å². The largest absolute Gasteiger partial charge is 0.493 e. The van der Waals surface area contributed by atoms with Gasteiger partial charge in [-0.2, -0.15) is 0 Å². The summed E-state index contributed by atoms with van der Waals surface area (Å²) in [5.74, 6) is 1.04. The molecular weight excluding hydrogens is 360 g/mol. The molecule has 0 aromatic heterocycles. The number of carbonyl (C=O) groups excluding carboxylic acids is 2. The Hall–Kier alpha value is -3.28. The number of carbonyl (C=O) groups is 2. The van der Waals surface area contributed by atoms with Gasteiger partial charge in [-0.15, -0.1) is 0 Å². The number of ether oxygens (including phenoxy) is 4. The molecule has 0 aliphatic carbocycles. The van der Waals surface area contributed by atoms with Gasteiger partial charge in [0.2, 0.25) is 5.78 Å². The normalized spacial score (nSPS) is 13.8. The van der Waals surface area contributed by atoms with Crippen LogP contribution < -0.4 is 14.2 Å². The third-order valence-corrected chi connectivity index (χ3v) is 4.33. The maximum absolute atomic E-state index is 12.7. The Balaban J connectivity index is 1.83. The van der Waals surface area contributed by atoms with Gasteiger partial charge in [-0.3, -0.25) is 4.79 Å². The minimum Gasteiger partial charge on any atom is -0.493 e. The van der Waals surface area contributed by atoms with E-state index in [2.05, 4.69) is 6.92 Å². The average molecular weight is 382 g/mol. The van der Waals surface area contributed by atoms with E-state index in [1.807, 2.05) is 12.1 Å². The summed E-state index contributed by atoms with van der Waals surface area (Å²) in [6.07, 6.45) is 3.64. The van der Waals surface area contributed by atoms with Gasteiger partial charge in [0.1, 0.15) is 5.75 Å². The molecule has 6 heteroatoms. The Labute approximate surface area is 163 Å². The lowest BCUT2D eigenvalue weighted by Crippen LogP contribution is -2.03. The number of fused-ring (bicyclic) bond motifs is 1. The fourth-order valence-electron chi connectivity index (χ4n) is 2.80. The van der Waals surface area contributed by atoms with E-state index < -0.39 is 5.97 Å². The molecule has 28 heavy (non-hydrogen) atoms. The summed E-state index contributed by atoms with van der Waals surface area (Å²) in [5, 5.41) is 0. The van der Waals surface area contributed by atoms with Crippen LogP contribution >= 0.6 is 0 Å². The zero-order chi connectivity index (χ0) is 20.1. The highest BCUT2D eigenvalue weighted by molar-refractivity contribution is 6.15. The Morgan fingerprint density at radius 3 is 2.64 bits per heavy atom. The lowest BCUT2D eigenvalue weighted by molar-refractivity contribution is 0.0600. The topological polar surface area (TPSA) is 71.1 Å². The van der Waals surface area contributed by atoms with Crippen LogP contribution in [-0.2, 0) is 4.74 Å². The third-order valence-electron chi connectivity index (χ3n) is 4.33. The maximum Gasteiger partial charge on any atom is 0.337 e. The number of hydrogen-bond donors (Lipinski definition) is 0. The lowest BCUT2D eigenvalue weighted by atomic mass is 10.1. The number of allylic oxidation sites excluding steroid dienone is 1. The second-order valence-electron chi connectivity index (χ2n) is 6.25. The van der Waals surface area contributed by atoms with Crippen LogP contribution in [0.15, 0.2) is 42.2 Å². The van der Waals surface area contributed by atoms with Gasteiger partial charge in [0, 0.05) is 0 Å². The molecule has 6 nitrogen and oxygen atoms in total. The average Bonchev–Trinajstić information content (AvgIpc) is 3.03. The highest BCUT2D eigenvalue weighted by Crippen LogP contribution is 2.34. The SMILES string of the molecule is CCCCOc1ccc(C=C2Oc3ccc(C(=O)OC)cc3C2=O)cc1OC. The first-order chi connectivity index (χ1) is 13.6. The number of Topliss-reactive ketones (excluding diaryl/α,β-unsaturated/α-hetero) is 1. The second kappa shape index (κ2) is 8.61. The van der Waals surface area contributed by atoms with Crippen molar-refractivity contribution in [2.24, 2.45) is 0 Å². The quantitative estimate of drug-likeness (QED) is 0.404. The molecule has 0 bridgehead atoms. The van der Waals surface area contributed by atoms with E-state index in [1.54, 1.807) is 31.4 Å². The van der Waals surface area contributed by atoms with Crippen LogP contribution in [0, 0.1) is 0 Å². The van der Waals surface area contributed by atoms with Crippen LogP contribution in [-0.4, -0.2) is 32.6 Å². The van der Waals surface area contributed by atoms with Crippen molar-refractivity contribution < 1.29 is 28.5 Å². The van der Waals surface area contributed by atoms with E-state index in [4.69, 9.17) is 18.9 Å². The molecule has 146 valence electrons. The summed E-state index contributed by atoms with van der Waals surface area (Å²) in [6.45, 7) is 2.72. The molecule has 0 saturated heterocycles. The number of methoxy groups -OCH3 is 2. The zero-order valence-corrected chi connectivity index (χ0v) is 16.1. The summed E-state index contributed by atoms with van der Waals surface area (Å²) in [7, 11) is 2.86. The molecule has 2 aromatic carbocycles. The van der Waals surface area contributed by atoms with Crippen LogP contribution in [0.5, 0.6) is 17.2 Å². The van der Waals surface area contributed by atoms with Crippen molar-refractivity contribution in [3.63, 3.8) is 0 Å². The van der Waals surface area contributed by atoms with Crippen LogP contribution in [0.3, 0.4) is 0 Å². The Morgan fingerprint density at radius 1 is 1.11 bits per heavy atom. The fourth-order valence-corrected chi connectivity index (χ4v) is 2.80. The van der Waals surface area contributed by atoms with Gasteiger partial charge in [-0.1, -0.05) is 19.4 Å². The molecule has 3 rings (SSSR count). The Morgan fingerprint density at radius 2 is 1.93 bits per heavy atom. The molecule has 0 saturated carbocycles. The fraction of sp³-hybridized carbons (Fsp3) is 0.273. The number of benzene rings is 2. The van der Waals surface area contributed by atoms with Gasteiger partial charge in [0.15, 0.2) is 17.3 Å². The number of rotatable bonds is 7. The molecule has 1 aliphatic heterocycles. The molecule has 2 aromatic rings. The van der Waals surface area contributed by atoms with Gasteiger partial charge in [-0.05, 0) is 48.4 Å². The highest BCUT2D eigenvalue weighted by Gasteiger charge is 2.28. The summed E-state index contributed by atoms with van der Waals surface area (Å²) >= 11 is 0. The number of unbranched alkanes of at least 4 members (excludes halogenated alkanes) is 1. The van der Waals surface area contributed by atoms with Crippen LogP contribution in [0.25, 0.3) is 6.08 Å². The van der Waals surface area contributed by atoms with Crippen LogP contribution in [0.4, 0.5) is 0 Å². The van der Waals surface area contributed by atoms with Crippen LogP contribution in [0.2, 0.25) is 0 Å². The lowest BCUT2D eigenvalue weighted by Gasteiger charge is -2.11. The van der Waals surface area contributed by atoms with Gasteiger partial charge in [0.25, 0.3) is 0 Å². The molecule has 1 aliphatic rings. The molecule has 0 atom stereocenters. The maximum atomic E-state index is 12.7. The minimum atomic E-state index is -0.503. The first kappa shape index (κ1) is 19.5. The van der Waals surface area contributed by atoms with E-state index in [1.165, 1.54) is 13.2 Å². The summed E-state index contributed by atoms with van der Waals surface area (Å²) in [4.78, 5) is 24.3. The van der Waals surface area contributed by atoms with Crippen LogP contribution in [0.1, 0.15) is 46.0 Å². The first-order valence-electron chi connectivity index (χ1n) is 9.04. The number of ketones is 1. The predicted molar refractivity (Wildman–Crippen MR) is 104 cm³/mol. The number of esters is 1. The molecule has 0 spiro atoms. The van der Waals surface area contributed by atoms with Gasteiger partial charge in [0.05, 0.1) is 32.0 Å².